The van der Waals surface area contributed by atoms with Crippen molar-refractivity contribution in [2.45, 2.75) is 13.1 Å². The smallest absolute Gasteiger partial charge is 0.204 e. The number of fused-ring (bicyclic) bond motifs is 1. The van der Waals surface area contributed by atoms with Gasteiger partial charge in [-0.05, 0) is 16.3 Å². The third-order valence-electron chi connectivity index (χ3n) is 2.74. The summed E-state index contributed by atoms with van der Waals surface area (Å²) >= 11 is 0. The third kappa shape index (κ3) is 2.52. The van der Waals surface area contributed by atoms with Gasteiger partial charge in [-0.15, -0.1) is 0 Å². The summed E-state index contributed by atoms with van der Waals surface area (Å²) in [6, 6.07) is 14.0. The van der Waals surface area contributed by atoms with Crippen LogP contribution in [0.1, 0.15) is 12.5 Å². The Bertz CT molecular complexity index is 548. The van der Waals surface area contributed by atoms with Crippen LogP contribution >= 0.6 is 7.37 Å². The highest BCUT2D eigenvalue weighted by Crippen LogP contribution is 2.43. The number of hydrogen-bond donors (Lipinski definition) is 1. The van der Waals surface area contributed by atoms with Gasteiger partial charge in [0.2, 0.25) is 7.37 Å². The zero-order valence-corrected chi connectivity index (χ0v) is 10.2. The largest absolute Gasteiger partial charge is 0.344 e. The molecule has 2 nitrogen and oxygen atoms in total. The molecule has 1 N–H and O–H groups in total. The molecule has 0 aliphatic rings. The van der Waals surface area contributed by atoms with Crippen molar-refractivity contribution in [3.05, 3.63) is 48.0 Å². The van der Waals surface area contributed by atoms with Gasteiger partial charge < -0.3 is 4.89 Å². The predicted molar refractivity (Wildman–Crippen MR) is 68.0 cm³/mol. The average Bonchev–Trinajstić information content (AvgIpc) is 2.28. The highest BCUT2D eigenvalue weighted by molar-refractivity contribution is 7.57. The molecule has 0 fully saturated rings. The Morgan fingerprint density at radius 3 is 2.50 bits per heavy atom. The van der Waals surface area contributed by atoms with Crippen LogP contribution in [0.3, 0.4) is 0 Å². The van der Waals surface area contributed by atoms with Crippen LogP contribution in [0.25, 0.3) is 10.8 Å². The van der Waals surface area contributed by atoms with Crippen molar-refractivity contribution >= 4 is 18.1 Å². The first-order chi connectivity index (χ1) is 7.61. The van der Waals surface area contributed by atoms with Crippen LogP contribution in [0.5, 0.6) is 0 Å². The van der Waals surface area contributed by atoms with Gasteiger partial charge in [-0.25, -0.2) is 0 Å². The van der Waals surface area contributed by atoms with Crippen LogP contribution in [-0.4, -0.2) is 11.1 Å². The van der Waals surface area contributed by atoms with Crippen LogP contribution in [0.15, 0.2) is 42.5 Å². The Hall–Kier alpha value is -1.11. The SMILES string of the molecule is CCP(=O)(O)Cc1ccc2ccccc2c1. The lowest BCUT2D eigenvalue weighted by Crippen LogP contribution is -1.90. The molecule has 16 heavy (non-hydrogen) atoms. The molecule has 0 amide bonds. The van der Waals surface area contributed by atoms with Crippen LogP contribution < -0.4 is 0 Å². The van der Waals surface area contributed by atoms with E-state index in [0.29, 0.717) is 6.16 Å². The molecule has 2 rings (SSSR count). The molecule has 2 aromatic rings. The van der Waals surface area contributed by atoms with E-state index < -0.39 is 7.37 Å². The first-order valence-corrected chi connectivity index (χ1v) is 7.42. The summed E-state index contributed by atoms with van der Waals surface area (Å²) in [5.74, 6) is 0. The van der Waals surface area contributed by atoms with Gasteiger partial charge in [-0.1, -0.05) is 49.4 Å². The monoisotopic (exact) mass is 234 g/mol. The quantitative estimate of drug-likeness (QED) is 0.823. The molecule has 0 spiro atoms. The standard InChI is InChI=1S/C13H15O2P/c1-2-16(14,15)10-11-7-8-12-5-3-4-6-13(12)9-11/h3-9H,2,10H2,1H3,(H,14,15). The molecule has 0 aromatic heterocycles. The Kier molecular flexibility index (Phi) is 3.13. The molecule has 0 radical (unpaired) electrons. The molecule has 1 unspecified atom stereocenters. The van der Waals surface area contributed by atoms with Gasteiger partial charge in [0.05, 0.1) is 0 Å². The van der Waals surface area contributed by atoms with Crippen LogP contribution in [0.4, 0.5) is 0 Å². The summed E-state index contributed by atoms with van der Waals surface area (Å²) < 4.78 is 11.6. The van der Waals surface area contributed by atoms with E-state index in [0.717, 1.165) is 16.3 Å². The van der Waals surface area contributed by atoms with Crippen LogP contribution in [0.2, 0.25) is 0 Å². The third-order valence-corrected chi connectivity index (χ3v) is 4.59. The Labute approximate surface area is 95.4 Å². The Balaban J connectivity index is 2.37. The second-order valence-corrected chi connectivity index (χ2v) is 6.64. The van der Waals surface area contributed by atoms with Crippen molar-refractivity contribution in [1.29, 1.82) is 0 Å². The van der Waals surface area contributed by atoms with Crippen molar-refractivity contribution in [2.75, 3.05) is 6.16 Å². The fourth-order valence-corrected chi connectivity index (χ4v) is 2.73. The van der Waals surface area contributed by atoms with E-state index in [1.165, 1.54) is 0 Å². The lowest BCUT2D eigenvalue weighted by atomic mass is 10.1. The van der Waals surface area contributed by atoms with Gasteiger partial charge in [-0.3, -0.25) is 4.57 Å². The second-order valence-electron chi connectivity index (χ2n) is 4.00. The summed E-state index contributed by atoms with van der Waals surface area (Å²) in [6.07, 6.45) is 0.605. The topological polar surface area (TPSA) is 37.3 Å². The maximum atomic E-state index is 11.6. The first kappa shape index (κ1) is 11.4. The minimum absolute atomic E-state index is 0.272. The van der Waals surface area contributed by atoms with E-state index in [1.54, 1.807) is 6.92 Å². The first-order valence-electron chi connectivity index (χ1n) is 5.39. The maximum absolute atomic E-state index is 11.6. The number of benzene rings is 2. The Morgan fingerprint density at radius 1 is 1.12 bits per heavy atom. The molecule has 0 saturated heterocycles. The van der Waals surface area contributed by atoms with Crippen molar-refractivity contribution in [3.8, 4) is 0 Å². The minimum atomic E-state index is -2.97. The molecule has 84 valence electrons. The summed E-state index contributed by atoms with van der Waals surface area (Å²) in [4.78, 5) is 9.60. The van der Waals surface area contributed by atoms with Crippen molar-refractivity contribution in [1.82, 2.24) is 0 Å². The second kappa shape index (κ2) is 4.40. The average molecular weight is 234 g/mol. The maximum Gasteiger partial charge on any atom is 0.204 e. The molecule has 0 aliphatic heterocycles. The van der Waals surface area contributed by atoms with Gasteiger partial charge in [-0.2, -0.15) is 0 Å². The fraction of sp³-hybridized carbons (Fsp3) is 0.231. The van der Waals surface area contributed by atoms with E-state index in [1.807, 2.05) is 42.5 Å². The molecular weight excluding hydrogens is 219 g/mol. The lowest BCUT2D eigenvalue weighted by molar-refractivity contribution is 0.478. The minimum Gasteiger partial charge on any atom is -0.344 e. The molecule has 0 heterocycles. The summed E-state index contributed by atoms with van der Waals surface area (Å²) in [5.41, 5.74) is 0.936. The van der Waals surface area contributed by atoms with Gasteiger partial charge in [0, 0.05) is 12.3 Å². The van der Waals surface area contributed by atoms with Crippen molar-refractivity contribution in [2.24, 2.45) is 0 Å². The zero-order chi connectivity index (χ0) is 11.6. The van der Waals surface area contributed by atoms with E-state index >= 15 is 0 Å². The zero-order valence-electron chi connectivity index (χ0n) is 9.26. The van der Waals surface area contributed by atoms with Gasteiger partial charge in [0.15, 0.2) is 0 Å². The molecule has 3 heteroatoms. The highest BCUT2D eigenvalue weighted by Gasteiger charge is 2.15. The molecule has 0 bridgehead atoms. The van der Waals surface area contributed by atoms with Gasteiger partial charge >= 0.3 is 0 Å². The summed E-state index contributed by atoms with van der Waals surface area (Å²) in [6.45, 7) is 1.75. The van der Waals surface area contributed by atoms with Crippen LogP contribution in [-0.2, 0) is 10.7 Å². The van der Waals surface area contributed by atoms with E-state index in [2.05, 4.69) is 0 Å². The molecule has 1 atom stereocenters. The Morgan fingerprint density at radius 2 is 1.81 bits per heavy atom. The van der Waals surface area contributed by atoms with Crippen molar-refractivity contribution in [3.63, 3.8) is 0 Å². The molecule has 0 aliphatic carbocycles. The van der Waals surface area contributed by atoms with E-state index in [4.69, 9.17) is 0 Å². The molecule has 2 aromatic carbocycles. The van der Waals surface area contributed by atoms with Gasteiger partial charge in [0.1, 0.15) is 0 Å². The molecule has 0 saturated carbocycles. The highest BCUT2D eigenvalue weighted by atomic mass is 31.2. The van der Waals surface area contributed by atoms with E-state index in [9.17, 15) is 9.46 Å². The van der Waals surface area contributed by atoms with Gasteiger partial charge in [0.25, 0.3) is 0 Å². The molecular formula is C13H15O2P. The summed E-state index contributed by atoms with van der Waals surface area (Å²) in [7, 11) is -2.97. The predicted octanol–water partition coefficient (Wildman–Crippen LogP) is 3.63. The van der Waals surface area contributed by atoms with Crippen molar-refractivity contribution < 1.29 is 9.46 Å². The summed E-state index contributed by atoms with van der Waals surface area (Å²) in [5, 5.41) is 2.28. The fourth-order valence-electron chi connectivity index (χ4n) is 1.73. The normalized spacial score (nSPS) is 14.9. The number of hydrogen-bond acceptors (Lipinski definition) is 1. The lowest BCUT2D eigenvalue weighted by Gasteiger charge is -2.09. The van der Waals surface area contributed by atoms with E-state index in [-0.39, 0.29) is 6.16 Å². The van der Waals surface area contributed by atoms with Crippen LogP contribution in [0, 0.1) is 0 Å². The number of rotatable bonds is 3.